The second kappa shape index (κ2) is 6.43. The molecule has 3 rings (SSSR count). The van der Waals surface area contributed by atoms with Gasteiger partial charge < -0.3 is 5.32 Å². The number of carbonyl (C=O) groups is 1. The maximum absolute atomic E-state index is 13.1. The van der Waals surface area contributed by atoms with Gasteiger partial charge in [0, 0.05) is 6.04 Å². The van der Waals surface area contributed by atoms with E-state index in [-0.39, 0.29) is 16.9 Å². The van der Waals surface area contributed by atoms with Crippen molar-refractivity contribution in [2.45, 2.75) is 99.0 Å². The van der Waals surface area contributed by atoms with E-state index in [1.54, 1.807) is 5.57 Å². The number of carbonyl (C=O) groups excluding carboxylic acids is 1. The van der Waals surface area contributed by atoms with E-state index in [0.29, 0.717) is 17.2 Å². The molecule has 0 radical (unpaired) electrons. The zero-order valence-corrected chi connectivity index (χ0v) is 17.4. The first-order chi connectivity index (χ1) is 11.6. The van der Waals surface area contributed by atoms with Crippen molar-refractivity contribution < 1.29 is 4.79 Å². The van der Waals surface area contributed by atoms with Crippen LogP contribution in [0, 0.1) is 28.1 Å². The fourth-order valence-corrected chi connectivity index (χ4v) is 6.48. The minimum absolute atomic E-state index is 0.200. The third-order valence-electron chi connectivity index (χ3n) is 8.18. The van der Waals surface area contributed by atoms with Crippen LogP contribution in [0.1, 0.15) is 92.9 Å². The Morgan fingerprint density at radius 3 is 2.60 bits per heavy atom. The van der Waals surface area contributed by atoms with Crippen LogP contribution < -0.4 is 5.32 Å². The van der Waals surface area contributed by atoms with Crippen LogP contribution in [-0.2, 0) is 4.79 Å². The van der Waals surface area contributed by atoms with Crippen molar-refractivity contribution in [3.05, 3.63) is 11.6 Å². The summed E-state index contributed by atoms with van der Waals surface area (Å²) >= 11 is 0. The average molecular weight is 346 g/mol. The second-order valence-electron chi connectivity index (χ2n) is 10.4. The molecule has 3 aliphatic rings. The molecule has 0 spiro atoms. The van der Waals surface area contributed by atoms with Crippen LogP contribution in [0.4, 0.5) is 0 Å². The van der Waals surface area contributed by atoms with Crippen molar-refractivity contribution >= 4 is 5.91 Å². The van der Waals surface area contributed by atoms with E-state index in [2.05, 4.69) is 52.9 Å². The molecule has 3 aliphatic carbocycles. The van der Waals surface area contributed by atoms with E-state index in [4.69, 9.17) is 0 Å². The summed E-state index contributed by atoms with van der Waals surface area (Å²) in [6.45, 7) is 13.7. The zero-order valence-electron chi connectivity index (χ0n) is 17.4. The summed E-state index contributed by atoms with van der Waals surface area (Å²) in [7, 11) is 0. The summed E-state index contributed by atoms with van der Waals surface area (Å²) in [6, 6.07) is 0.230. The van der Waals surface area contributed by atoms with Crippen LogP contribution in [0.3, 0.4) is 0 Å². The van der Waals surface area contributed by atoms with Gasteiger partial charge in [-0.3, -0.25) is 4.79 Å². The van der Waals surface area contributed by atoms with Crippen LogP contribution in [0.15, 0.2) is 11.6 Å². The molecule has 0 saturated heterocycles. The predicted molar refractivity (Wildman–Crippen MR) is 105 cm³/mol. The summed E-state index contributed by atoms with van der Waals surface area (Å²) in [4.78, 5) is 13.1. The molecule has 1 amide bonds. The number of fused-ring (bicyclic) bond motifs is 3. The predicted octanol–water partition coefficient (Wildman–Crippen LogP) is 5.87. The van der Waals surface area contributed by atoms with Gasteiger partial charge in [-0.25, -0.2) is 0 Å². The van der Waals surface area contributed by atoms with Crippen LogP contribution in [0.2, 0.25) is 0 Å². The third-order valence-corrected chi connectivity index (χ3v) is 8.18. The molecule has 0 bridgehead atoms. The molecule has 25 heavy (non-hydrogen) atoms. The number of nitrogens with one attached hydrogen (secondary N) is 1. The molecular weight excluding hydrogens is 306 g/mol. The zero-order chi connectivity index (χ0) is 18.5. The summed E-state index contributed by atoms with van der Waals surface area (Å²) in [5, 5.41) is 3.24. The molecule has 2 unspecified atom stereocenters. The molecule has 0 heterocycles. The smallest absolute Gasteiger partial charge is 0.226 e. The Hall–Kier alpha value is -0.790. The number of hydrogen-bond acceptors (Lipinski definition) is 1. The van der Waals surface area contributed by atoms with E-state index in [1.807, 2.05) is 0 Å². The van der Waals surface area contributed by atoms with Gasteiger partial charge in [-0.05, 0) is 75.0 Å². The lowest BCUT2D eigenvalue weighted by atomic mass is 9.46. The molecule has 142 valence electrons. The summed E-state index contributed by atoms with van der Waals surface area (Å²) in [5.74, 6) is 1.56. The summed E-state index contributed by atoms with van der Waals surface area (Å²) in [5.41, 5.74) is 2.25. The maximum Gasteiger partial charge on any atom is 0.226 e. The van der Waals surface area contributed by atoms with Gasteiger partial charge >= 0.3 is 0 Å². The van der Waals surface area contributed by atoms with Crippen molar-refractivity contribution in [2.24, 2.45) is 28.1 Å². The number of rotatable bonds is 3. The van der Waals surface area contributed by atoms with Gasteiger partial charge in [0.25, 0.3) is 0 Å². The molecule has 1 N–H and O–H groups in total. The van der Waals surface area contributed by atoms with E-state index < -0.39 is 0 Å². The van der Waals surface area contributed by atoms with Crippen LogP contribution in [-0.4, -0.2) is 11.9 Å². The topological polar surface area (TPSA) is 29.1 Å². The molecule has 0 aromatic heterocycles. The van der Waals surface area contributed by atoms with E-state index in [1.165, 1.54) is 44.9 Å². The Morgan fingerprint density at radius 1 is 1.24 bits per heavy atom. The van der Waals surface area contributed by atoms with Gasteiger partial charge in [0.1, 0.15) is 0 Å². The molecule has 2 fully saturated rings. The Morgan fingerprint density at radius 2 is 1.96 bits per heavy atom. The molecule has 2 saturated carbocycles. The quantitative estimate of drug-likeness (QED) is 0.637. The van der Waals surface area contributed by atoms with Crippen molar-refractivity contribution in [2.75, 3.05) is 0 Å². The minimum Gasteiger partial charge on any atom is -0.353 e. The van der Waals surface area contributed by atoms with Gasteiger partial charge in [-0.2, -0.15) is 0 Å². The van der Waals surface area contributed by atoms with E-state index in [9.17, 15) is 4.79 Å². The van der Waals surface area contributed by atoms with Crippen LogP contribution >= 0.6 is 0 Å². The monoisotopic (exact) mass is 345 g/mol. The number of hydrogen-bond donors (Lipinski definition) is 1. The molecule has 5 atom stereocenters. The highest BCUT2D eigenvalue weighted by molar-refractivity contribution is 5.83. The van der Waals surface area contributed by atoms with E-state index >= 15 is 0 Å². The van der Waals surface area contributed by atoms with Gasteiger partial charge in [0.2, 0.25) is 5.91 Å². The van der Waals surface area contributed by atoms with Gasteiger partial charge in [-0.1, -0.05) is 52.2 Å². The first-order valence-corrected chi connectivity index (χ1v) is 10.7. The van der Waals surface area contributed by atoms with Gasteiger partial charge in [-0.15, -0.1) is 0 Å². The lowest BCUT2D eigenvalue weighted by Crippen LogP contribution is -2.56. The van der Waals surface area contributed by atoms with Crippen molar-refractivity contribution in [1.29, 1.82) is 0 Å². The van der Waals surface area contributed by atoms with Crippen LogP contribution in [0.5, 0.6) is 0 Å². The first kappa shape index (κ1) is 19.0. The van der Waals surface area contributed by atoms with Crippen molar-refractivity contribution in [3.8, 4) is 0 Å². The average Bonchev–Trinajstić information content (AvgIpc) is 2.53. The first-order valence-electron chi connectivity index (χ1n) is 10.7. The van der Waals surface area contributed by atoms with E-state index in [0.717, 1.165) is 12.3 Å². The molecule has 0 aromatic rings. The standard InChI is InChI=1S/C23H39NO/c1-7-21(4)14-11-18-17(15-21)9-10-19-22(18,5)12-8-13-23(19,6)20(25)24-16(2)3/h11,16-17,19H,7-10,12-15H2,1-6H3,(H,24,25)/t17?,19?,21-,22-,23+/m0/s1. The normalized spacial score (nSPS) is 43.9. The molecule has 2 heteroatoms. The van der Waals surface area contributed by atoms with Gasteiger partial charge in [0.15, 0.2) is 0 Å². The highest BCUT2D eigenvalue weighted by Gasteiger charge is 2.57. The Labute approximate surface area is 155 Å². The Balaban J connectivity index is 1.92. The lowest BCUT2D eigenvalue weighted by molar-refractivity contribution is -0.142. The molecule has 2 nitrogen and oxygen atoms in total. The van der Waals surface area contributed by atoms with Crippen LogP contribution in [0.25, 0.3) is 0 Å². The number of amides is 1. The highest BCUT2D eigenvalue weighted by Crippen LogP contribution is 2.63. The molecule has 0 aromatic carbocycles. The number of allylic oxidation sites excluding steroid dienone is 2. The Bertz CT molecular complexity index is 564. The molecular formula is C23H39NO. The summed E-state index contributed by atoms with van der Waals surface area (Å²) < 4.78 is 0. The summed E-state index contributed by atoms with van der Waals surface area (Å²) in [6.07, 6.45) is 12.5. The third kappa shape index (κ3) is 3.08. The molecule has 0 aliphatic heterocycles. The maximum atomic E-state index is 13.1. The largest absolute Gasteiger partial charge is 0.353 e. The van der Waals surface area contributed by atoms with Crippen molar-refractivity contribution in [1.82, 2.24) is 5.32 Å². The fraction of sp³-hybridized carbons (Fsp3) is 0.870. The fourth-order valence-electron chi connectivity index (χ4n) is 6.48. The second-order valence-corrected chi connectivity index (χ2v) is 10.4. The van der Waals surface area contributed by atoms with Gasteiger partial charge in [0.05, 0.1) is 5.41 Å². The minimum atomic E-state index is -0.200. The van der Waals surface area contributed by atoms with Crippen molar-refractivity contribution in [3.63, 3.8) is 0 Å². The lowest BCUT2D eigenvalue weighted by Gasteiger charge is -2.59. The Kier molecular flexibility index (Phi) is 4.88. The SMILES string of the molecule is CC[C@@]1(C)CC=C2C(CCC3[C@](C)(C(=O)NC(C)C)CCC[C@@]23C)C1. The highest BCUT2D eigenvalue weighted by atomic mass is 16.2.